The highest BCUT2D eigenvalue weighted by Crippen LogP contribution is 2.31. The van der Waals surface area contributed by atoms with E-state index in [9.17, 15) is 4.79 Å². The van der Waals surface area contributed by atoms with Crippen LogP contribution >= 0.6 is 0 Å². The van der Waals surface area contributed by atoms with Gasteiger partial charge >= 0.3 is 0 Å². The van der Waals surface area contributed by atoms with Gasteiger partial charge in [0, 0.05) is 32.4 Å². The van der Waals surface area contributed by atoms with Crippen molar-refractivity contribution >= 4 is 11.6 Å². The van der Waals surface area contributed by atoms with Crippen LogP contribution in [0.5, 0.6) is 5.75 Å². The zero-order chi connectivity index (χ0) is 19.3. The molecule has 2 aliphatic heterocycles. The summed E-state index contributed by atoms with van der Waals surface area (Å²) in [5.74, 6) is 1.24. The molecule has 28 heavy (non-hydrogen) atoms. The Balaban J connectivity index is 1.29. The number of ether oxygens (including phenoxy) is 1. The van der Waals surface area contributed by atoms with Crippen LogP contribution < -0.4 is 20.3 Å². The average molecular weight is 383 g/mol. The maximum absolute atomic E-state index is 12.5. The fourth-order valence-corrected chi connectivity index (χ4v) is 4.16. The number of carbonyl (C=O) groups excluding carboxylic acids is 1. The highest BCUT2D eigenvalue weighted by Gasteiger charge is 2.25. The van der Waals surface area contributed by atoms with Gasteiger partial charge < -0.3 is 20.3 Å². The first-order valence-electron chi connectivity index (χ1n) is 10.2. The monoisotopic (exact) mass is 383 g/mol. The molecule has 2 fully saturated rings. The van der Waals surface area contributed by atoms with Crippen LogP contribution in [-0.2, 0) is 0 Å². The minimum atomic E-state index is -0.0849. The van der Waals surface area contributed by atoms with E-state index in [1.165, 1.54) is 0 Å². The third-order valence-electron chi connectivity index (χ3n) is 5.75. The molecule has 2 N–H and O–H groups in total. The molecule has 2 unspecified atom stereocenters. The van der Waals surface area contributed by atoms with Crippen LogP contribution in [0.4, 0.5) is 5.69 Å². The number of methoxy groups -OCH3 is 1. The van der Waals surface area contributed by atoms with E-state index >= 15 is 0 Å². The number of piperidine rings is 1. The molecule has 2 aromatic rings. The SMILES string of the molecule is COc1ccccc1N1CCC(CNC(=O)c2ccn(C3CCCNC3)n2)C1. The number of carbonyl (C=O) groups is 1. The molecule has 2 saturated heterocycles. The number of hydrogen-bond acceptors (Lipinski definition) is 5. The van der Waals surface area contributed by atoms with Crippen molar-refractivity contribution in [2.45, 2.75) is 25.3 Å². The van der Waals surface area contributed by atoms with Crippen molar-refractivity contribution in [1.82, 2.24) is 20.4 Å². The Morgan fingerprint density at radius 3 is 3.04 bits per heavy atom. The molecule has 0 bridgehead atoms. The van der Waals surface area contributed by atoms with Crippen LogP contribution in [0.3, 0.4) is 0 Å². The number of para-hydroxylation sites is 2. The van der Waals surface area contributed by atoms with Crippen LogP contribution in [0, 0.1) is 5.92 Å². The van der Waals surface area contributed by atoms with Crippen LogP contribution in [0.25, 0.3) is 0 Å². The topological polar surface area (TPSA) is 71.4 Å². The van der Waals surface area contributed by atoms with Gasteiger partial charge in [-0.25, -0.2) is 0 Å². The minimum absolute atomic E-state index is 0.0849. The van der Waals surface area contributed by atoms with Crippen molar-refractivity contribution in [1.29, 1.82) is 0 Å². The second kappa shape index (κ2) is 8.65. The van der Waals surface area contributed by atoms with Gasteiger partial charge in [-0.05, 0) is 49.9 Å². The second-order valence-electron chi connectivity index (χ2n) is 7.66. The van der Waals surface area contributed by atoms with Gasteiger partial charge in [0.05, 0.1) is 18.8 Å². The van der Waals surface area contributed by atoms with Gasteiger partial charge in [0.25, 0.3) is 5.91 Å². The summed E-state index contributed by atoms with van der Waals surface area (Å²) < 4.78 is 7.41. The molecule has 1 amide bonds. The summed E-state index contributed by atoms with van der Waals surface area (Å²) in [5, 5.41) is 11.0. The lowest BCUT2D eigenvalue weighted by molar-refractivity contribution is 0.0942. The number of amides is 1. The van der Waals surface area contributed by atoms with Crippen molar-refractivity contribution in [3.8, 4) is 5.75 Å². The molecule has 150 valence electrons. The highest BCUT2D eigenvalue weighted by atomic mass is 16.5. The molecule has 1 aromatic heterocycles. The maximum atomic E-state index is 12.5. The van der Waals surface area contributed by atoms with E-state index < -0.39 is 0 Å². The molecule has 4 rings (SSSR count). The van der Waals surface area contributed by atoms with E-state index in [4.69, 9.17) is 4.74 Å². The van der Waals surface area contributed by atoms with Crippen LogP contribution in [0.15, 0.2) is 36.5 Å². The van der Waals surface area contributed by atoms with Crippen LogP contribution in [-0.4, -0.2) is 55.5 Å². The third-order valence-corrected chi connectivity index (χ3v) is 5.75. The minimum Gasteiger partial charge on any atom is -0.495 e. The van der Waals surface area contributed by atoms with Gasteiger partial charge in [-0.3, -0.25) is 9.48 Å². The molecule has 1 aromatic carbocycles. The Hall–Kier alpha value is -2.54. The number of benzene rings is 1. The Bertz CT molecular complexity index is 800. The number of anilines is 1. The number of nitrogens with one attached hydrogen (secondary N) is 2. The van der Waals surface area contributed by atoms with Crippen molar-refractivity contribution in [2.24, 2.45) is 5.92 Å². The molecular weight excluding hydrogens is 354 g/mol. The first-order valence-corrected chi connectivity index (χ1v) is 10.2. The summed E-state index contributed by atoms with van der Waals surface area (Å²) in [4.78, 5) is 14.8. The first-order chi connectivity index (χ1) is 13.7. The van der Waals surface area contributed by atoms with E-state index in [0.29, 0.717) is 24.2 Å². The number of rotatable bonds is 6. The Labute approximate surface area is 166 Å². The molecule has 2 atom stereocenters. The number of hydrogen-bond donors (Lipinski definition) is 2. The summed E-state index contributed by atoms with van der Waals surface area (Å²) in [5.41, 5.74) is 1.63. The predicted octanol–water partition coefficient (Wildman–Crippen LogP) is 2.07. The van der Waals surface area contributed by atoms with Gasteiger partial charge in [0.1, 0.15) is 11.4 Å². The van der Waals surface area contributed by atoms with Gasteiger partial charge in [0.15, 0.2) is 0 Å². The lowest BCUT2D eigenvalue weighted by Gasteiger charge is -2.22. The fourth-order valence-electron chi connectivity index (χ4n) is 4.16. The summed E-state index contributed by atoms with van der Waals surface area (Å²) in [6.07, 6.45) is 5.24. The van der Waals surface area contributed by atoms with E-state index in [0.717, 1.165) is 56.9 Å². The zero-order valence-corrected chi connectivity index (χ0v) is 16.4. The van der Waals surface area contributed by atoms with Crippen LogP contribution in [0.2, 0.25) is 0 Å². The predicted molar refractivity (Wildman–Crippen MR) is 109 cm³/mol. The van der Waals surface area contributed by atoms with E-state index in [1.807, 2.05) is 35.1 Å². The summed E-state index contributed by atoms with van der Waals surface area (Å²) >= 11 is 0. The molecule has 0 radical (unpaired) electrons. The molecule has 0 saturated carbocycles. The number of aromatic nitrogens is 2. The molecule has 3 heterocycles. The molecule has 0 spiro atoms. The van der Waals surface area contributed by atoms with Gasteiger partial charge in [0.2, 0.25) is 0 Å². The first kappa shape index (κ1) is 18.8. The Kier molecular flexibility index (Phi) is 5.81. The average Bonchev–Trinajstić information content (AvgIpc) is 3.43. The van der Waals surface area contributed by atoms with E-state index in [-0.39, 0.29) is 5.91 Å². The van der Waals surface area contributed by atoms with Crippen molar-refractivity contribution < 1.29 is 9.53 Å². The summed E-state index contributed by atoms with van der Waals surface area (Å²) in [7, 11) is 1.70. The lowest BCUT2D eigenvalue weighted by Crippen LogP contribution is -2.33. The lowest BCUT2D eigenvalue weighted by atomic mass is 10.1. The molecule has 0 aliphatic carbocycles. The molecule has 2 aliphatic rings. The van der Waals surface area contributed by atoms with Gasteiger partial charge in [-0.15, -0.1) is 0 Å². The van der Waals surface area contributed by atoms with Gasteiger partial charge in [-0.1, -0.05) is 12.1 Å². The largest absolute Gasteiger partial charge is 0.495 e. The highest BCUT2D eigenvalue weighted by molar-refractivity contribution is 5.92. The zero-order valence-electron chi connectivity index (χ0n) is 16.4. The van der Waals surface area contributed by atoms with Crippen molar-refractivity contribution in [3.05, 3.63) is 42.2 Å². The quantitative estimate of drug-likeness (QED) is 0.799. The Morgan fingerprint density at radius 1 is 1.32 bits per heavy atom. The van der Waals surface area contributed by atoms with E-state index in [2.05, 4.69) is 26.7 Å². The van der Waals surface area contributed by atoms with Gasteiger partial charge in [-0.2, -0.15) is 5.10 Å². The molecule has 7 nitrogen and oxygen atoms in total. The van der Waals surface area contributed by atoms with Crippen molar-refractivity contribution in [3.63, 3.8) is 0 Å². The fraction of sp³-hybridized carbons (Fsp3) is 0.524. The normalized spacial score (nSPS) is 22.2. The second-order valence-corrected chi connectivity index (χ2v) is 7.66. The third kappa shape index (κ3) is 4.14. The summed E-state index contributed by atoms with van der Waals surface area (Å²) in [6, 6.07) is 10.3. The summed E-state index contributed by atoms with van der Waals surface area (Å²) in [6.45, 7) is 4.55. The number of nitrogens with zero attached hydrogens (tertiary/aromatic N) is 3. The van der Waals surface area contributed by atoms with E-state index in [1.54, 1.807) is 7.11 Å². The maximum Gasteiger partial charge on any atom is 0.271 e. The molecule has 7 heteroatoms. The van der Waals surface area contributed by atoms with Crippen molar-refractivity contribution in [2.75, 3.05) is 44.7 Å². The van der Waals surface area contributed by atoms with Crippen LogP contribution in [0.1, 0.15) is 35.8 Å². The standard InChI is InChI=1S/C21H29N5O2/c1-28-20-7-3-2-6-19(20)25-11-8-16(15-25)13-23-21(27)18-9-12-26(24-18)17-5-4-10-22-14-17/h2-3,6-7,9,12,16-17,22H,4-5,8,10-11,13-15H2,1H3,(H,23,27). The molecular formula is C21H29N5O2. The smallest absolute Gasteiger partial charge is 0.271 e. The Morgan fingerprint density at radius 2 is 2.21 bits per heavy atom.